The van der Waals surface area contributed by atoms with Crippen molar-refractivity contribution in [2.75, 3.05) is 40.0 Å². The molecular formula is C9H20N2O2. The lowest BCUT2D eigenvalue weighted by atomic mass is 10.3. The van der Waals surface area contributed by atoms with Crippen molar-refractivity contribution in [2.24, 2.45) is 5.73 Å². The van der Waals surface area contributed by atoms with Crippen LogP contribution in [0.1, 0.15) is 0 Å². The summed E-state index contributed by atoms with van der Waals surface area (Å²) in [6.07, 6.45) is 1.80. The highest BCUT2D eigenvalue weighted by molar-refractivity contribution is 4.76. The predicted molar refractivity (Wildman–Crippen MR) is 53.6 cm³/mol. The van der Waals surface area contributed by atoms with Gasteiger partial charge in [-0.3, -0.25) is 4.90 Å². The molecule has 0 fully saturated rings. The highest BCUT2D eigenvalue weighted by Gasteiger charge is 2.08. The van der Waals surface area contributed by atoms with Gasteiger partial charge in [-0.15, -0.1) is 6.58 Å². The molecule has 0 aromatic rings. The summed E-state index contributed by atoms with van der Waals surface area (Å²) < 4.78 is 4.92. The fourth-order valence-corrected chi connectivity index (χ4v) is 1.18. The normalized spacial score (nSPS) is 13.2. The molecule has 0 aromatic carbocycles. The summed E-state index contributed by atoms with van der Waals surface area (Å²) in [5, 5.41) is 8.76. The van der Waals surface area contributed by atoms with E-state index in [2.05, 4.69) is 6.58 Å². The number of nitrogens with zero attached hydrogens (tertiary/aromatic N) is 1. The molecule has 0 aliphatic heterocycles. The lowest BCUT2D eigenvalue weighted by molar-refractivity contribution is 0.146. The minimum absolute atomic E-state index is 0.00324. The Hall–Kier alpha value is -0.420. The van der Waals surface area contributed by atoms with Gasteiger partial charge in [-0.05, 0) is 0 Å². The summed E-state index contributed by atoms with van der Waals surface area (Å²) in [7, 11) is 1.63. The molecule has 1 unspecified atom stereocenters. The van der Waals surface area contributed by atoms with Crippen LogP contribution in [0.4, 0.5) is 0 Å². The first-order chi connectivity index (χ1) is 6.24. The number of aliphatic hydroxyl groups excluding tert-OH is 1. The van der Waals surface area contributed by atoms with E-state index in [4.69, 9.17) is 15.6 Å². The number of ether oxygens (including phenoxy) is 1. The Labute approximate surface area is 80.0 Å². The molecule has 0 saturated carbocycles. The Morgan fingerprint density at radius 2 is 2.38 bits per heavy atom. The lowest BCUT2D eigenvalue weighted by Gasteiger charge is -2.22. The maximum atomic E-state index is 8.76. The minimum Gasteiger partial charge on any atom is -0.395 e. The standard InChI is InChI=1S/C9H20N2O2/c1-3-4-11(5-6-12)7-9(10)8-13-2/h3,9,12H,1,4-8,10H2,2H3. The first-order valence-electron chi connectivity index (χ1n) is 4.43. The third-order valence-electron chi connectivity index (χ3n) is 1.68. The van der Waals surface area contributed by atoms with Crippen LogP contribution in [0.25, 0.3) is 0 Å². The number of rotatable bonds is 8. The van der Waals surface area contributed by atoms with E-state index >= 15 is 0 Å². The van der Waals surface area contributed by atoms with Gasteiger partial charge in [-0.25, -0.2) is 0 Å². The van der Waals surface area contributed by atoms with Crippen LogP contribution in [-0.2, 0) is 4.74 Å². The Balaban J connectivity index is 3.71. The number of hydrogen-bond acceptors (Lipinski definition) is 4. The van der Waals surface area contributed by atoms with E-state index in [0.717, 1.165) is 13.1 Å². The molecule has 0 rings (SSSR count). The van der Waals surface area contributed by atoms with Crippen molar-refractivity contribution >= 4 is 0 Å². The quantitative estimate of drug-likeness (QED) is 0.501. The van der Waals surface area contributed by atoms with Crippen molar-refractivity contribution in [2.45, 2.75) is 6.04 Å². The Morgan fingerprint density at radius 1 is 1.69 bits per heavy atom. The highest BCUT2D eigenvalue weighted by atomic mass is 16.5. The summed E-state index contributed by atoms with van der Waals surface area (Å²) >= 11 is 0. The molecule has 0 bridgehead atoms. The first-order valence-corrected chi connectivity index (χ1v) is 4.43. The average Bonchev–Trinajstić information content (AvgIpc) is 2.05. The van der Waals surface area contributed by atoms with Gasteiger partial charge in [0.2, 0.25) is 0 Å². The predicted octanol–water partition coefficient (Wildman–Crippen LogP) is -0.560. The molecule has 0 aromatic heterocycles. The minimum atomic E-state index is -0.00324. The largest absolute Gasteiger partial charge is 0.395 e. The summed E-state index contributed by atoms with van der Waals surface area (Å²) in [6, 6.07) is -0.00324. The second-order valence-corrected chi connectivity index (χ2v) is 2.99. The van der Waals surface area contributed by atoms with E-state index in [0.29, 0.717) is 13.2 Å². The van der Waals surface area contributed by atoms with Gasteiger partial charge < -0.3 is 15.6 Å². The van der Waals surface area contributed by atoms with Crippen molar-refractivity contribution < 1.29 is 9.84 Å². The highest BCUT2D eigenvalue weighted by Crippen LogP contribution is 1.91. The maximum Gasteiger partial charge on any atom is 0.0626 e. The van der Waals surface area contributed by atoms with E-state index < -0.39 is 0 Å². The van der Waals surface area contributed by atoms with Gasteiger partial charge in [0.25, 0.3) is 0 Å². The van der Waals surface area contributed by atoms with Crippen molar-refractivity contribution in [3.05, 3.63) is 12.7 Å². The summed E-state index contributed by atoms with van der Waals surface area (Å²) in [5.74, 6) is 0. The van der Waals surface area contributed by atoms with Gasteiger partial charge in [0.15, 0.2) is 0 Å². The van der Waals surface area contributed by atoms with Crippen molar-refractivity contribution in [1.82, 2.24) is 4.90 Å². The Kier molecular flexibility index (Phi) is 7.93. The summed E-state index contributed by atoms with van der Waals surface area (Å²) in [4.78, 5) is 2.04. The summed E-state index contributed by atoms with van der Waals surface area (Å²) in [5.41, 5.74) is 5.76. The number of hydrogen-bond donors (Lipinski definition) is 2. The topological polar surface area (TPSA) is 58.7 Å². The smallest absolute Gasteiger partial charge is 0.0626 e. The van der Waals surface area contributed by atoms with E-state index in [1.165, 1.54) is 0 Å². The molecule has 78 valence electrons. The van der Waals surface area contributed by atoms with E-state index in [9.17, 15) is 0 Å². The summed E-state index contributed by atoms with van der Waals surface area (Å²) in [6.45, 7) is 6.43. The second kappa shape index (κ2) is 8.19. The molecule has 1 atom stereocenters. The molecule has 0 heterocycles. The fraction of sp³-hybridized carbons (Fsp3) is 0.778. The van der Waals surface area contributed by atoms with Crippen LogP contribution in [0.2, 0.25) is 0 Å². The zero-order chi connectivity index (χ0) is 10.1. The Bertz CT molecular complexity index is 131. The molecule has 0 spiro atoms. The maximum absolute atomic E-state index is 8.76. The van der Waals surface area contributed by atoms with Gasteiger partial charge in [-0.1, -0.05) is 6.08 Å². The molecule has 3 N–H and O–H groups in total. The SMILES string of the molecule is C=CCN(CCO)CC(N)COC. The number of methoxy groups -OCH3 is 1. The van der Waals surface area contributed by atoms with Gasteiger partial charge >= 0.3 is 0 Å². The van der Waals surface area contributed by atoms with Gasteiger partial charge in [-0.2, -0.15) is 0 Å². The second-order valence-electron chi connectivity index (χ2n) is 2.99. The van der Waals surface area contributed by atoms with Crippen LogP contribution >= 0.6 is 0 Å². The van der Waals surface area contributed by atoms with Gasteiger partial charge in [0.05, 0.1) is 13.2 Å². The van der Waals surface area contributed by atoms with Crippen LogP contribution < -0.4 is 5.73 Å². The third-order valence-corrected chi connectivity index (χ3v) is 1.68. The molecule has 0 aliphatic rings. The fourth-order valence-electron chi connectivity index (χ4n) is 1.18. The molecule has 0 aliphatic carbocycles. The van der Waals surface area contributed by atoms with Gasteiger partial charge in [0.1, 0.15) is 0 Å². The van der Waals surface area contributed by atoms with Crippen LogP contribution in [0.5, 0.6) is 0 Å². The van der Waals surface area contributed by atoms with Crippen LogP contribution in [-0.4, -0.2) is 56.0 Å². The molecule has 0 saturated heterocycles. The lowest BCUT2D eigenvalue weighted by Crippen LogP contribution is -2.41. The molecule has 4 heteroatoms. The Morgan fingerprint density at radius 3 is 2.85 bits per heavy atom. The zero-order valence-corrected chi connectivity index (χ0v) is 8.28. The zero-order valence-electron chi connectivity index (χ0n) is 8.28. The molecule has 0 amide bonds. The average molecular weight is 188 g/mol. The molecule has 13 heavy (non-hydrogen) atoms. The third kappa shape index (κ3) is 6.72. The van der Waals surface area contributed by atoms with Crippen LogP contribution in [0, 0.1) is 0 Å². The first kappa shape index (κ1) is 12.6. The van der Waals surface area contributed by atoms with Crippen LogP contribution in [0.15, 0.2) is 12.7 Å². The van der Waals surface area contributed by atoms with Gasteiger partial charge in [0, 0.05) is 32.8 Å². The number of nitrogens with two attached hydrogens (primary N) is 1. The van der Waals surface area contributed by atoms with Crippen LogP contribution in [0.3, 0.4) is 0 Å². The monoisotopic (exact) mass is 188 g/mol. The van der Waals surface area contributed by atoms with Crippen molar-refractivity contribution in [3.8, 4) is 0 Å². The molecule has 0 radical (unpaired) electrons. The van der Waals surface area contributed by atoms with Crippen molar-refractivity contribution in [1.29, 1.82) is 0 Å². The van der Waals surface area contributed by atoms with E-state index in [1.807, 2.05) is 4.90 Å². The van der Waals surface area contributed by atoms with E-state index in [1.54, 1.807) is 13.2 Å². The van der Waals surface area contributed by atoms with Crippen molar-refractivity contribution in [3.63, 3.8) is 0 Å². The number of aliphatic hydroxyl groups is 1. The molecule has 4 nitrogen and oxygen atoms in total. The molecular weight excluding hydrogens is 168 g/mol. The van der Waals surface area contributed by atoms with E-state index in [-0.39, 0.29) is 12.6 Å².